The summed E-state index contributed by atoms with van der Waals surface area (Å²) in [5.41, 5.74) is 0. The van der Waals surface area contributed by atoms with Gasteiger partial charge in [0.05, 0.1) is 0 Å². The molecule has 3 aromatic carbocycles. The summed E-state index contributed by atoms with van der Waals surface area (Å²) in [6.07, 6.45) is 5.83. The van der Waals surface area contributed by atoms with Crippen LogP contribution in [0.2, 0.25) is 0 Å². The number of hydrogen-bond donors (Lipinski definition) is 1. The third kappa shape index (κ3) is 2.55. The number of terminal acetylenes is 1. The van der Waals surface area contributed by atoms with Crippen LogP contribution in [0.1, 0.15) is 6.92 Å². The molecule has 0 amide bonds. The Morgan fingerprint density at radius 2 is 1.00 bits per heavy atom. The van der Waals surface area contributed by atoms with Crippen molar-refractivity contribution >= 4 is 23.2 Å². The maximum absolute atomic E-state index is 11.4. The molecule has 118 valence electrons. The topological polar surface area (TPSA) is 20.2 Å². The summed E-state index contributed by atoms with van der Waals surface area (Å²) in [4.78, 5) is 0. The normalized spacial score (nSPS) is 13.7. The van der Waals surface area contributed by atoms with Gasteiger partial charge in [-0.05, 0) is 42.3 Å². The van der Waals surface area contributed by atoms with Gasteiger partial charge in [0.2, 0.25) is 5.34 Å². The molecule has 0 fully saturated rings. The Labute approximate surface area is 144 Å². The lowest BCUT2D eigenvalue weighted by molar-refractivity contribution is 0.212. The van der Waals surface area contributed by atoms with Crippen molar-refractivity contribution in [1.82, 2.24) is 0 Å². The Hall–Kier alpha value is -2.39. The third-order valence-electron chi connectivity index (χ3n) is 4.36. The first-order valence-corrected chi connectivity index (χ1v) is 9.68. The van der Waals surface area contributed by atoms with Crippen molar-refractivity contribution in [2.75, 3.05) is 0 Å². The summed E-state index contributed by atoms with van der Waals surface area (Å²) < 4.78 is 0. The minimum Gasteiger partial charge on any atom is -0.346 e. The molecule has 1 N–H and O–H groups in total. The fourth-order valence-electron chi connectivity index (χ4n) is 3.25. The molecule has 0 saturated heterocycles. The quantitative estimate of drug-likeness (QED) is 0.574. The van der Waals surface area contributed by atoms with E-state index in [-0.39, 0.29) is 0 Å². The monoisotopic (exact) mass is 331 g/mol. The lowest BCUT2D eigenvalue weighted by Gasteiger charge is -2.35. The molecule has 0 heterocycles. The van der Waals surface area contributed by atoms with Gasteiger partial charge < -0.3 is 5.11 Å². The zero-order chi connectivity index (χ0) is 17.0. The molecule has 1 nitrogen and oxygen atoms in total. The summed E-state index contributed by atoms with van der Waals surface area (Å²) in [5.74, 6) is 2.68. The van der Waals surface area contributed by atoms with Gasteiger partial charge in [-0.3, -0.25) is 0 Å². The highest BCUT2D eigenvalue weighted by Crippen LogP contribution is 2.64. The highest BCUT2D eigenvalue weighted by molar-refractivity contribution is 7.97. The van der Waals surface area contributed by atoms with E-state index in [1.165, 1.54) is 0 Å². The fourth-order valence-corrected chi connectivity index (χ4v) is 7.71. The molecule has 0 aliphatic heterocycles. The van der Waals surface area contributed by atoms with E-state index in [0.717, 1.165) is 15.9 Å². The molecule has 3 rings (SSSR count). The highest BCUT2D eigenvalue weighted by atomic mass is 31.2. The molecule has 1 atom stereocenters. The van der Waals surface area contributed by atoms with Crippen molar-refractivity contribution in [2.24, 2.45) is 0 Å². The zero-order valence-electron chi connectivity index (χ0n) is 13.6. The number of rotatable bonds is 4. The molecule has 0 radical (unpaired) electrons. The summed E-state index contributed by atoms with van der Waals surface area (Å²) in [6.45, 7) is 1.76. The molecule has 0 bridgehead atoms. The van der Waals surface area contributed by atoms with Gasteiger partial charge in [-0.15, -0.1) is 6.42 Å². The summed E-state index contributed by atoms with van der Waals surface area (Å²) in [6, 6.07) is 30.4. The van der Waals surface area contributed by atoms with Crippen molar-refractivity contribution in [2.45, 2.75) is 12.3 Å². The maximum atomic E-state index is 11.4. The van der Waals surface area contributed by atoms with Crippen LogP contribution in [0.25, 0.3) is 0 Å². The second-order valence-corrected chi connectivity index (χ2v) is 9.60. The SMILES string of the molecule is C#CC(C)(O)[P+](c1ccccc1)(c1ccccc1)c1ccccc1. The van der Waals surface area contributed by atoms with Crippen LogP contribution in [-0.2, 0) is 0 Å². The largest absolute Gasteiger partial charge is 0.346 e. The second-order valence-electron chi connectivity index (χ2n) is 5.84. The molecular formula is C22H20OP+. The minimum absolute atomic E-state index is 1.07. The van der Waals surface area contributed by atoms with Gasteiger partial charge in [0, 0.05) is 6.92 Å². The molecule has 2 heteroatoms. The van der Waals surface area contributed by atoms with E-state index in [9.17, 15) is 5.11 Å². The van der Waals surface area contributed by atoms with E-state index in [0.29, 0.717) is 0 Å². The van der Waals surface area contributed by atoms with Crippen LogP contribution in [0.4, 0.5) is 0 Å². The Balaban J connectivity index is 2.45. The van der Waals surface area contributed by atoms with Gasteiger partial charge in [0.15, 0.2) is 7.26 Å². The van der Waals surface area contributed by atoms with Crippen LogP contribution in [0, 0.1) is 12.3 Å². The minimum atomic E-state index is -2.44. The molecule has 0 saturated carbocycles. The first kappa shape index (κ1) is 16.5. The molecule has 3 aromatic rings. The van der Waals surface area contributed by atoms with E-state index in [1.807, 2.05) is 54.6 Å². The first-order valence-electron chi connectivity index (χ1n) is 7.89. The smallest absolute Gasteiger partial charge is 0.247 e. The number of aliphatic hydroxyl groups is 1. The standard InChI is InChI=1S/C22H20OP/c1-3-22(2,23)24(19-13-7-4-8-14-19,20-15-9-5-10-16-20)21-17-11-6-12-18-21/h1,4-18,23H,2H3/q+1. The van der Waals surface area contributed by atoms with Crippen LogP contribution in [0.3, 0.4) is 0 Å². The van der Waals surface area contributed by atoms with Gasteiger partial charge in [0.25, 0.3) is 0 Å². The van der Waals surface area contributed by atoms with Gasteiger partial charge >= 0.3 is 0 Å². The average molecular weight is 331 g/mol. The van der Waals surface area contributed by atoms with Crippen molar-refractivity contribution in [3.05, 3.63) is 91.0 Å². The van der Waals surface area contributed by atoms with Crippen molar-refractivity contribution in [3.63, 3.8) is 0 Å². The fraction of sp³-hybridized carbons (Fsp3) is 0.0909. The van der Waals surface area contributed by atoms with E-state index >= 15 is 0 Å². The van der Waals surface area contributed by atoms with Crippen LogP contribution >= 0.6 is 7.26 Å². The molecule has 0 aliphatic carbocycles. The van der Waals surface area contributed by atoms with E-state index in [4.69, 9.17) is 6.42 Å². The molecule has 24 heavy (non-hydrogen) atoms. The van der Waals surface area contributed by atoms with Crippen LogP contribution in [0.5, 0.6) is 0 Å². The van der Waals surface area contributed by atoms with E-state index < -0.39 is 12.6 Å². The Morgan fingerprint density at radius 3 is 1.25 bits per heavy atom. The summed E-state index contributed by atoms with van der Waals surface area (Å²) in [5, 5.41) is 13.3. The molecule has 0 spiro atoms. The van der Waals surface area contributed by atoms with Crippen molar-refractivity contribution < 1.29 is 5.11 Å². The van der Waals surface area contributed by atoms with Crippen molar-refractivity contribution in [1.29, 1.82) is 0 Å². The summed E-state index contributed by atoms with van der Waals surface area (Å²) >= 11 is 0. The van der Waals surface area contributed by atoms with Gasteiger partial charge in [0.1, 0.15) is 15.9 Å². The van der Waals surface area contributed by atoms with Crippen LogP contribution in [-0.4, -0.2) is 10.4 Å². The Morgan fingerprint density at radius 1 is 0.708 bits per heavy atom. The van der Waals surface area contributed by atoms with Crippen molar-refractivity contribution in [3.8, 4) is 12.3 Å². The van der Waals surface area contributed by atoms with Gasteiger partial charge in [-0.1, -0.05) is 54.6 Å². The molecule has 1 unspecified atom stereocenters. The summed E-state index contributed by atoms with van der Waals surface area (Å²) in [7, 11) is -2.44. The van der Waals surface area contributed by atoms with Crippen LogP contribution in [0.15, 0.2) is 91.0 Å². The van der Waals surface area contributed by atoms with Gasteiger partial charge in [-0.2, -0.15) is 0 Å². The van der Waals surface area contributed by atoms with Crippen LogP contribution < -0.4 is 15.9 Å². The highest BCUT2D eigenvalue weighted by Gasteiger charge is 2.59. The van der Waals surface area contributed by atoms with Gasteiger partial charge in [-0.25, -0.2) is 0 Å². The molecule has 0 aliphatic rings. The third-order valence-corrected chi connectivity index (χ3v) is 9.01. The van der Waals surface area contributed by atoms with E-state index in [2.05, 4.69) is 42.3 Å². The zero-order valence-corrected chi connectivity index (χ0v) is 14.5. The molecule has 0 aromatic heterocycles. The maximum Gasteiger partial charge on any atom is 0.247 e. The lowest BCUT2D eigenvalue weighted by Crippen LogP contribution is -2.45. The average Bonchev–Trinajstić information content (AvgIpc) is 2.65. The molecular weight excluding hydrogens is 311 g/mol. The predicted octanol–water partition coefficient (Wildman–Crippen LogP) is 3.32. The first-order chi connectivity index (χ1) is 11.6. The predicted molar refractivity (Wildman–Crippen MR) is 105 cm³/mol. The number of hydrogen-bond acceptors (Lipinski definition) is 1. The Bertz CT molecular complexity index is 737. The van der Waals surface area contributed by atoms with E-state index in [1.54, 1.807) is 6.92 Å². The lowest BCUT2D eigenvalue weighted by atomic mass is 10.3. The number of benzene rings is 3. The second kappa shape index (κ2) is 6.62. The Kier molecular flexibility index (Phi) is 4.54.